The van der Waals surface area contributed by atoms with E-state index in [1.54, 1.807) is 0 Å². The summed E-state index contributed by atoms with van der Waals surface area (Å²) in [5.41, 5.74) is 3.28. The maximum absolute atomic E-state index is 11.9. The third kappa shape index (κ3) is 3.50. The van der Waals surface area contributed by atoms with Gasteiger partial charge in [-0.25, -0.2) is 0 Å². The lowest BCUT2D eigenvalue weighted by atomic mass is 9.93. The van der Waals surface area contributed by atoms with E-state index in [4.69, 9.17) is 4.84 Å². The molecule has 2 rings (SSSR count). The van der Waals surface area contributed by atoms with Crippen LogP contribution >= 0.6 is 0 Å². The maximum Gasteiger partial charge on any atom is 0.260 e. The van der Waals surface area contributed by atoms with Crippen LogP contribution in [-0.2, 0) is 9.59 Å². The second-order valence-corrected chi connectivity index (χ2v) is 4.90. The van der Waals surface area contributed by atoms with Gasteiger partial charge in [-0.05, 0) is 18.9 Å². The first-order valence-corrected chi connectivity index (χ1v) is 7.04. The van der Waals surface area contributed by atoms with Crippen LogP contribution in [0.15, 0.2) is 24.3 Å². The fourth-order valence-corrected chi connectivity index (χ4v) is 2.25. The zero-order valence-electron chi connectivity index (χ0n) is 11.6. The molecule has 0 saturated heterocycles. The lowest BCUT2D eigenvalue weighted by Gasteiger charge is -2.24. The molecular formula is C15H20N2O3. The number of benzene rings is 1. The summed E-state index contributed by atoms with van der Waals surface area (Å²) in [7, 11) is 0. The van der Waals surface area contributed by atoms with Crippen LogP contribution in [0.3, 0.4) is 0 Å². The van der Waals surface area contributed by atoms with E-state index >= 15 is 0 Å². The molecular weight excluding hydrogens is 256 g/mol. The highest BCUT2D eigenvalue weighted by Crippen LogP contribution is 2.31. The average Bonchev–Trinajstić information content (AvgIpc) is 2.47. The van der Waals surface area contributed by atoms with Crippen molar-refractivity contribution < 1.29 is 14.4 Å². The minimum absolute atomic E-state index is 0.0487. The maximum atomic E-state index is 11.9. The predicted octanol–water partition coefficient (Wildman–Crippen LogP) is 1.89. The van der Waals surface area contributed by atoms with Gasteiger partial charge in [-0.1, -0.05) is 31.5 Å². The summed E-state index contributed by atoms with van der Waals surface area (Å²) in [6, 6.07) is 7.45. The molecule has 20 heavy (non-hydrogen) atoms. The number of amides is 2. The van der Waals surface area contributed by atoms with Gasteiger partial charge in [-0.3, -0.25) is 9.59 Å². The van der Waals surface area contributed by atoms with Gasteiger partial charge in [0, 0.05) is 18.5 Å². The molecule has 0 aromatic heterocycles. The summed E-state index contributed by atoms with van der Waals surface area (Å²) >= 11 is 0. The molecule has 1 aromatic carbocycles. The van der Waals surface area contributed by atoms with Gasteiger partial charge in [0.2, 0.25) is 5.91 Å². The van der Waals surface area contributed by atoms with Crippen molar-refractivity contribution in [2.75, 3.05) is 6.54 Å². The minimum Gasteiger partial charge on any atom is -0.379 e. The molecule has 1 atom stereocenters. The van der Waals surface area contributed by atoms with Crippen LogP contribution in [0, 0.1) is 0 Å². The van der Waals surface area contributed by atoms with Crippen LogP contribution in [0.4, 0.5) is 0 Å². The standard InChI is InChI=1S/C15H20N2O3/c1-2-3-8-14(18)16-10-9-12-11-6-4-5-7-13(11)20-17-15(12)19/h4-7,12H,2-3,8-10H2,1H3,(H,16,18)(H,17,19). The van der Waals surface area contributed by atoms with E-state index in [-0.39, 0.29) is 17.7 Å². The zero-order valence-corrected chi connectivity index (χ0v) is 11.6. The molecule has 0 aliphatic carbocycles. The first-order chi connectivity index (χ1) is 9.72. The van der Waals surface area contributed by atoms with E-state index in [0.717, 1.165) is 18.4 Å². The molecule has 0 bridgehead atoms. The molecule has 1 unspecified atom stereocenters. The van der Waals surface area contributed by atoms with Crippen LogP contribution in [0.25, 0.3) is 0 Å². The fraction of sp³-hybridized carbons (Fsp3) is 0.467. The van der Waals surface area contributed by atoms with E-state index in [1.807, 2.05) is 24.3 Å². The summed E-state index contributed by atoms with van der Waals surface area (Å²) in [6.45, 7) is 2.55. The Balaban J connectivity index is 1.89. The normalized spacial score (nSPS) is 16.9. The number of para-hydroxylation sites is 1. The molecule has 2 amide bonds. The Morgan fingerprint density at radius 1 is 1.40 bits per heavy atom. The third-order valence-corrected chi connectivity index (χ3v) is 3.39. The highest BCUT2D eigenvalue weighted by atomic mass is 16.7. The second-order valence-electron chi connectivity index (χ2n) is 4.90. The number of hydrogen-bond acceptors (Lipinski definition) is 3. The van der Waals surface area contributed by atoms with Gasteiger partial charge < -0.3 is 10.2 Å². The van der Waals surface area contributed by atoms with E-state index in [2.05, 4.69) is 17.7 Å². The fourth-order valence-electron chi connectivity index (χ4n) is 2.25. The van der Waals surface area contributed by atoms with Gasteiger partial charge in [-0.2, -0.15) is 5.48 Å². The number of hydroxylamine groups is 1. The molecule has 5 heteroatoms. The lowest BCUT2D eigenvalue weighted by molar-refractivity contribution is -0.131. The quantitative estimate of drug-likeness (QED) is 0.833. The van der Waals surface area contributed by atoms with Crippen molar-refractivity contribution in [1.29, 1.82) is 0 Å². The molecule has 1 heterocycles. The highest BCUT2D eigenvalue weighted by molar-refractivity contribution is 5.85. The summed E-state index contributed by atoms with van der Waals surface area (Å²) in [4.78, 5) is 28.5. The first kappa shape index (κ1) is 14.4. The van der Waals surface area contributed by atoms with Crippen molar-refractivity contribution in [2.24, 2.45) is 0 Å². The van der Waals surface area contributed by atoms with Gasteiger partial charge in [0.05, 0.1) is 5.92 Å². The second kappa shape index (κ2) is 6.93. The Morgan fingerprint density at radius 3 is 3.00 bits per heavy atom. The van der Waals surface area contributed by atoms with Gasteiger partial charge in [-0.15, -0.1) is 0 Å². The van der Waals surface area contributed by atoms with Crippen LogP contribution < -0.4 is 15.6 Å². The zero-order chi connectivity index (χ0) is 14.4. The minimum atomic E-state index is -0.272. The molecule has 5 nitrogen and oxygen atoms in total. The topological polar surface area (TPSA) is 67.4 Å². The number of carbonyl (C=O) groups excluding carboxylic acids is 2. The van der Waals surface area contributed by atoms with Crippen LogP contribution in [0.2, 0.25) is 0 Å². The Hall–Kier alpha value is -2.04. The monoisotopic (exact) mass is 276 g/mol. The van der Waals surface area contributed by atoms with Crippen molar-refractivity contribution in [3.63, 3.8) is 0 Å². The van der Waals surface area contributed by atoms with Crippen molar-refractivity contribution in [2.45, 2.75) is 38.5 Å². The van der Waals surface area contributed by atoms with Crippen molar-refractivity contribution in [3.05, 3.63) is 29.8 Å². The van der Waals surface area contributed by atoms with E-state index in [1.165, 1.54) is 0 Å². The molecule has 1 aliphatic rings. The average molecular weight is 276 g/mol. The van der Waals surface area contributed by atoms with Crippen LogP contribution in [0.1, 0.15) is 44.1 Å². The molecule has 0 radical (unpaired) electrons. The van der Waals surface area contributed by atoms with Gasteiger partial charge in [0.25, 0.3) is 5.91 Å². The van der Waals surface area contributed by atoms with E-state index in [0.29, 0.717) is 25.1 Å². The van der Waals surface area contributed by atoms with Gasteiger partial charge in [0.1, 0.15) is 0 Å². The van der Waals surface area contributed by atoms with Crippen molar-refractivity contribution in [3.8, 4) is 5.75 Å². The molecule has 2 N–H and O–H groups in total. The Labute approximate surface area is 118 Å². The van der Waals surface area contributed by atoms with Crippen molar-refractivity contribution in [1.82, 2.24) is 10.8 Å². The molecule has 108 valence electrons. The van der Waals surface area contributed by atoms with Crippen LogP contribution in [-0.4, -0.2) is 18.4 Å². The Morgan fingerprint density at radius 2 is 2.20 bits per heavy atom. The molecule has 1 aromatic rings. The van der Waals surface area contributed by atoms with Gasteiger partial charge >= 0.3 is 0 Å². The Kier molecular flexibility index (Phi) is 4.98. The predicted molar refractivity (Wildman–Crippen MR) is 75.1 cm³/mol. The molecule has 1 aliphatic heterocycles. The smallest absolute Gasteiger partial charge is 0.260 e. The molecule has 0 saturated carbocycles. The Bertz CT molecular complexity index is 488. The van der Waals surface area contributed by atoms with Crippen molar-refractivity contribution >= 4 is 11.8 Å². The number of nitrogens with one attached hydrogen (secondary N) is 2. The first-order valence-electron chi connectivity index (χ1n) is 7.04. The number of hydrogen-bond donors (Lipinski definition) is 2. The largest absolute Gasteiger partial charge is 0.379 e. The van der Waals surface area contributed by atoms with E-state index < -0.39 is 0 Å². The summed E-state index contributed by atoms with van der Waals surface area (Å²) in [5.74, 6) is 0.292. The number of carbonyl (C=O) groups is 2. The van der Waals surface area contributed by atoms with E-state index in [9.17, 15) is 9.59 Å². The highest BCUT2D eigenvalue weighted by Gasteiger charge is 2.28. The SMILES string of the molecule is CCCCC(=O)NCCC1C(=O)NOc2ccccc21. The number of rotatable bonds is 6. The summed E-state index contributed by atoms with van der Waals surface area (Å²) < 4.78 is 0. The molecule has 0 fully saturated rings. The number of unbranched alkanes of at least 4 members (excludes halogenated alkanes) is 1. The molecule has 0 spiro atoms. The third-order valence-electron chi connectivity index (χ3n) is 3.39. The summed E-state index contributed by atoms with van der Waals surface area (Å²) in [6.07, 6.45) is 3.02. The lowest BCUT2D eigenvalue weighted by Crippen LogP contribution is -2.38. The van der Waals surface area contributed by atoms with Gasteiger partial charge in [0.15, 0.2) is 5.75 Å². The van der Waals surface area contributed by atoms with Crippen LogP contribution in [0.5, 0.6) is 5.75 Å². The summed E-state index contributed by atoms with van der Waals surface area (Å²) in [5, 5.41) is 2.86. The number of fused-ring (bicyclic) bond motifs is 1.